The number of aromatic nitrogens is 4. The number of carbonyl (C=O) groups excluding carboxylic acids is 2. The number of alkyl halides is 3. The van der Waals surface area contributed by atoms with Crippen molar-refractivity contribution < 1.29 is 46.5 Å². The number of hydrogen-bond acceptors (Lipinski definition) is 10. The molecule has 0 unspecified atom stereocenters. The monoisotopic (exact) mass is 713 g/mol. The topological polar surface area (TPSA) is 191 Å². The highest BCUT2D eigenvalue weighted by Crippen LogP contribution is 2.36. The maximum atomic E-state index is 13.0. The summed E-state index contributed by atoms with van der Waals surface area (Å²) < 4.78 is 59.0. The molecule has 4 rings (SSSR count). The van der Waals surface area contributed by atoms with Crippen molar-refractivity contribution in [2.24, 2.45) is 0 Å². The van der Waals surface area contributed by atoms with Crippen LogP contribution in [-0.4, -0.2) is 59.4 Å². The Morgan fingerprint density at radius 3 is 2.27 bits per heavy atom. The standard InChI is InChI=1S/C28H35ClN7O4P.C2HF3O2/c1-5-35-21-13-12-20(39-2)15-22(21)36(14-6-7-18-8-10-19(11-9-18)40-17-41(3,4)38)23(35)16-32-28(37)24-26(30)34-27(31)25(29)33-24;3-2(4,5)1(6)7/h8-13,15H,5-7,14,16-17H2,1-4H3,(H4-,30,31,32,34,37);(H,6,7). The van der Waals surface area contributed by atoms with Crippen molar-refractivity contribution in [1.29, 1.82) is 0 Å². The molecule has 2 heterocycles. The third kappa shape index (κ3) is 10.2. The molecule has 48 heavy (non-hydrogen) atoms. The van der Waals surface area contributed by atoms with Crippen molar-refractivity contribution in [1.82, 2.24) is 19.9 Å². The normalized spacial score (nSPS) is 11.5. The maximum absolute atomic E-state index is 13.0. The van der Waals surface area contributed by atoms with Crippen molar-refractivity contribution in [2.75, 3.05) is 38.3 Å². The fourth-order valence-corrected chi connectivity index (χ4v) is 5.15. The fraction of sp³-hybridized carbons (Fsp3) is 0.367. The molecule has 5 N–H and O–H groups in total. The quantitative estimate of drug-likeness (QED) is 0.145. The Morgan fingerprint density at radius 2 is 1.71 bits per heavy atom. The Kier molecular flexibility index (Phi) is 12.7. The highest BCUT2D eigenvalue weighted by molar-refractivity contribution is 7.62. The molecule has 0 aliphatic carbocycles. The lowest BCUT2D eigenvalue weighted by Crippen LogP contribution is -2.40. The number of carbonyl (C=O) groups is 2. The van der Waals surface area contributed by atoms with Gasteiger partial charge in [0.25, 0.3) is 11.7 Å². The van der Waals surface area contributed by atoms with Gasteiger partial charge in [0.05, 0.1) is 20.2 Å². The van der Waals surface area contributed by atoms with Gasteiger partial charge in [-0.15, -0.1) is 0 Å². The lowest BCUT2D eigenvalue weighted by atomic mass is 10.1. The smallest absolute Gasteiger partial charge is 0.430 e. The molecule has 0 saturated heterocycles. The minimum atomic E-state index is -5.19. The van der Waals surface area contributed by atoms with Crippen LogP contribution in [0.25, 0.3) is 11.0 Å². The number of anilines is 2. The van der Waals surface area contributed by atoms with Crippen LogP contribution in [0.15, 0.2) is 42.5 Å². The van der Waals surface area contributed by atoms with Gasteiger partial charge < -0.3 is 40.7 Å². The lowest BCUT2D eigenvalue weighted by molar-refractivity contribution is -0.676. The number of nitrogens with zero attached hydrogens (tertiary/aromatic N) is 4. The van der Waals surface area contributed by atoms with Crippen LogP contribution in [-0.2, 0) is 35.4 Å². The summed E-state index contributed by atoms with van der Waals surface area (Å²) in [7, 11) is -0.610. The van der Waals surface area contributed by atoms with E-state index in [4.69, 9.17) is 42.4 Å². The Balaban J connectivity index is 0.000000804. The van der Waals surface area contributed by atoms with E-state index in [1.165, 1.54) is 0 Å². The lowest BCUT2D eigenvalue weighted by Gasteiger charge is -2.10. The van der Waals surface area contributed by atoms with Gasteiger partial charge in [-0.2, -0.15) is 13.2 Å². The summed E-state index contributed by atoms with van der Waals surface area (Å²) in [5, 5.41) is 11.6. The van der Waals surface area contributed by atoms with Crippen LogP contribution in [0.2, 0.25) is 5.15 Å². The van der Waals surface area contributed by atoms with Crippen LogP contribution in [0.1, 0.15) is 35.2 Å². The number of aliphatic carboxylic acids is 1. The largest absolute Gasteiger partial charge is 0.542 e. The molecule has 0 radical (unpaired) electrons. The SMILES string of the molecule is CC[n+]1c(CNC(=O)c2nc(Cl)c(N)nc2N)n(CCCc2ccc(OCP(C)(C)=O)cc2)c2cc(OC)ccc21.O=C([O-])C(F)(F)F. The van der Waals surface area contributed by atoms with Crippen LogP contribution in [0.5, 0.6) is 11.5 Å². The zero-order chi connectivity index (χ0) is 35.8. The number of nitrogens with one attached hydrogen (secondary N) is 1. The highest BCUT2D eigenvalue weighted by atomic mass is 35.5. The number of amides is 1. The van der Waals surface area contributed by atoms with Crippen molar-refractivity contribution in [3.8, 4) is 11.5 Å². The van der Waals surface area contributed by atoms with Crippen LogP contribution in [0, 0.1) is 0 Å². The third-order valence-corrected chi connectivity index (χ3v) is 7.80. The minimum absolute atomic E-state index is 0.0338. The van der Waals surface area contributed by atoms with E-state index < -0.39 is 25.2 Å². The average molecular weight is 714 g/mol. The predicted molar refractivity (Wildman–Crippen MR) is 172 cm³/mol. The van der Waals surface area contributed by atoms with E-state index in [2.05, 4.69) is 31.3 Å². The molecule has 260 valence electrons. The molecule has 0 bridgehead atoms. The minimum Gasteiger partial charge on any atom is -0.542 e. The number of hydrogen-bond donors (Lipinski definition) is 3. The van der Waals surface area contributed by atoms with Gasteiger partial charge in [0.1, 0.15) is 37.5 Å². The molecule has 1 amide bonds. The summed E-state index contributed by atoms with van der Waals surface area (Å²) in [5.41, 5.74) is 14.6. The number of ether oxygens (including phenoxy) is 2. The number of rotatable bonds is 12. The zero-order valence-electron chi connectivity index (χ0n) is 26.6. The van der Waals surface area contributed by atoms with Gasteiger partial charge in [0, 0.05) is 6.07 Å². The number of halogens is 4. The highest BCUT2D eigenvalue weighted by Gasteiger charge is 2.29. The van der Waals surface area contributed by atoms with Gasteiger partial charge >= 0.3 is 6.18 Å². The molecule has 0 fully saturated rings. The van der Waals surface area contributed by atoms with Crippen molar-refractivity contribution in [2.45, 2.75) is 45.6 Å². The summed E-state index contributed by atoms with van der Waals surface area (Å²) in [6.07, 6.45) is -3.30. The van der Waals surface area contributed by atoms with E-state index in [0.29, 0.717) is 18.8 Å². The number of fused-ring (bicyclic) bond motifs is 1. The molecule has 0 aliphatic heterocycles. The van der Waals surface area contributed by atoms with Crippen LogP contribution in [0.4, 0.5) is 24.8 Å². The first-order chi connectivity index (χ1) is 22.4. The molecular weight excluding hydrogens is 678 g/mol. The first kappa shape index (κ1) is 37.9. The second kappa shape index (κ2) is 16.0. The summed E-state index contributed by atoms with van der Waals surface area (Å²) in [6.45, 7) is 7.09. The van der Waals surface area contributed by atoms with Crippen molar-refractivity contribution >= 4 is 53.3 Å². The van der Waals surface area contributed by atoms with Crippen molar-refractivity contribution in [3.63, 3.8) is 0 Å². The molecule has 4 aromatic rings. The molecular formula is C30H36ClF3N7O6P. The van der Waals surface area contributed by atoms with Gasteiger partial charge in [-0.05, 0) is 62.9 Å². The molecule has 0 spiro atoms. The summed E-state index contributed by atoms with van der Waals surface area (Å²) >= 11 is 5.98. The number of benzene rings is 2. The van der Waals surface area contributed by atoms with Crippen molar-refractivity contribution in [3.05, 3.63) is 64.7 Å². The first-order valence-electron chi connectivity index (χ1n) is 14.4. The van der Waals surface area contributed by atoms with Gasteiger partial charge in [-0.3, -0.25) is 4.79 Å². The van der Waals surface area contributed by atoms with E-state index in [-0.39, 0.29) is 35.4 Å². The summed E-state index contributed by atoms with van der Waals surface area (Å²) in [5.74, 6) is -1.28. The first-order valence-corrected chi connectivity index (χ1v) is 17.6. The Hall–Kier alpha value is -4.56. The van der Waals surface area contributed by atoms with E-state index in [0.717, 1.165) is 41.0 Å². The fourth-order valence-electron chi connectivity index (χ4n) is 4.57. The van der Waals surface area contributed by atoms with Gasteiger partial charge in [-0.1, -0.05) is 23.7 Å². The van der Waals surface area contributed by atoms with E-state index in [9.17, 15) is 22.5 Å². The number of carboxylic acid groups (broad SMARTS) is 1. The molecule has 2 aromatic heterocycles. The van der Waals surface area contributed by atoms with Gasteiger partial charge in [-0.25, -0.2) is 19.1 Å². The second-order valence-corrected chi connectivity index (χ2v) is 14.6. The van der Waals surface area contributed by atoms with E-state index in [1.807, 2.05) is 42.5 Å². The Bertz CT molecular complexity index is 1810. The number of nitrogens with two attached hydrogens (primary N) is 2. The Morgan fingerprint density at radius 1 is 1.08 bits per heavy atom. The molecule has 0 atom stereocenters. The van der Waals surface area contributed by atoms with E-state index in [1.54, 1.807) is 20.4 Å². The van der Waals surface area contributed by atoms with Crippen LogP contribution < -0.4 is 35.9 Å². The number of carboxylic acids is 1. The average Bonchev–Trinajstić information content (AvgIpc) is 3.32. The number of nitrogen functional groups attached to an aromatic ring is 2. The maximum Gasteiger partial charge on any atom is 0.430 e. The number of imidazole rings is 1. The zero-order valence-corrected chi connectivity index (χ0v) is 28.3. The third-order valence-electron chi connectivity index (χ3n) is 6.77. The molecule has 0 saturated carbocycles. The van der Waals surface area contributed by atoms with Crippen LogP contribution in [0.3, 0.4) is 0 Å². The number of methoxy groups -OCH3 is 1. The molecule has 18 heteroatoms. The summed E-state index contributed by atoms with van der Waals surface area (Å²) in [6, 6.07) is 13.8. The second-order valence-electron chi connectivity index (χ2n) is 10.9. The predicted octanol–water partition coefficient (Wildman–Crippen LogP) is 3.39. The molecule has 13 nitrogen and oxygen atoms in total. The molecule has 2 aromatic carbocycles. The van der Waals surface area contributed by atoms with Gasteiger partial charge in [0.2, 0.25) is 0 Å². The van der Waals surface area contributed by atoms with Crippen LogP contribution >= 0.6 is 18.7 Å². The summed E-state index contributed by atoms with van der Waals surface area (Å²) in [4.78, 5) is 29.7. The van der Waals surface area contributed by atoms with E-state index >= 15 is 0 Å². The number of aryl methyl sites for hydroxylation is 3. The van der Waals surface area contributed by atoms with Gasteiger partial charge in [0.15, 0.2) is 33.5 Å². The Labute approximate surface area is 279 Å². The molecule has 0 aliphatic rings.